The highest BCUT2D eigenvalue weighted by Crippen LogP contribution is 2.30. The third kappa shape index (κ3) is 4.16. The van der Waals surface area contributed by atoms with E-state index in [1.807, 2.05) is 0 Å². The van der Waals surface area contributed by atoms with Crippen molar-refractivity contribution in [3.8, 4) is 0 Å². The lowest BCUT2D eigenvalue weighted by atomic mass is 10.1. The van der Waals surface area contributed by atoms with Crippen molar-refractivity contribution < 1.29 is 8.42 Å². The minimum Gasteiger partial charge on any atom is -0.389 e. The Kier molecular flexibility index (Phi) is 5.24. The van der Waals surface area contributed by atoms with Gasteiger partial charge in [0.2, 0.25) is 10.0 Å². The molecule has 2 rings (SSSR count). The summed E-state index contributed by atoms with van der Waals surface area (Å²) >= 11 is 10.9. The van der Waals surface area contributed by atoms with E-state index in [9.17, 15) is 8.42 Å². The zero-order chi connectivity index (χ0) is 15.6. The average molecular weight is 347 g/mol. The van der Waals surface area contributed by atoms with Crippen LogP contribution in [0.4, 0.5) is 0 Å². The van der Waals surface area contributed by atoms with E-state index in [1.54, 1.807) is 6.07 Å². The quantitative estimate of drug-likeness (QED) is 0.804. The molecule has 2 unspecified atom stereocenters. The molecule has 21 heavy (non-hydrogen) atoms. The molecule has 0 aliphatic heterocycles. The van der Waals surface area contributed by atoms with Gasteiger partial charge in [-0.2, -0.15) is 0 Å². The summed E-state index contributed by atoms with van der Waals surface area (Å²) in [5, 5.41) is 0.169. The molecule has 0 amide bonds. The average Bonchev–Trinajstić information content (AvgIpc) is 2.82. The topological polar surface area (TPSA) is 72.2 Å². The Hall–Kier alpha value is -0.690. The molecule has 116 valence electrons. The van der Waals surface area contributed by atoms with Crippen LogP contribution in [-0.4, -0.2) is 20.0 Å². The summed E-state index contributed by atoms with van der Waals surface area (Å²) in [6.07, 6.45) is 3.28. The minimum atomic E-state index is -3.65. The van der Waals surface area contributed by atoms with E-state index < -0.39 is 10.0 Å². The van der Waals surface area contributed by atoms with Crippen LogP contribution in [0, 0.1) is 11.8 Å². The Morgan fingerprint density at radius 3 is 2.76 bits per heavy atom. The van der Waals surface area contributed by atoms with Crippen LogP contribution >= 0.6 is 23.8 Å². The third-order valence-electron chi connectivity index (χ3n) is 3.87. The van der Waals surface area contributed by atoms with Crippen molar-refractivity contribution in [2.45, 2.75) is 31.1 Å². The third-order valence-corrected chi connectivity index (χ3v) is 6.01. The van der Waals surface area contributed by atoms with Crippen molar-refractivity contribution in [1.29, 1.82) is 0 Å². The molecule has 1 aliphatic carbocycles. The Morgan fingerprint density at radius 1 is 1.48 bits per heavy atom. The Morgan fingerprint density at radius 2 is 2.19 bits per heavy atom. The van der Waals surface area contributed by atoms with E-state index in [0.717, 1.165) is 19.3 Å². The fraction of sp³-hybridized carbons (Fsp3) is 0.500. The van der Waals surface area contributed by atoms with Gasteiger partial charge in [-0.1, -0.05) is 43.2 Å². The van der Waals surface area contributed by atoms with Crippen molar-refractivity contribution in [1.82, 2.24) is 4.72 Å². The molecule has 4 nitrogen and oxygen atoms in total. The lowest BCUT2D eigenvalue weighted by molar-refractivity contribution is 0.498. The number of thiocarbonyl (C=S) groups is 1. The molecule has 0 spiro atoms. The molecular formula is C14H19ClN2O2S2. The highest BCUT2D eigenvalue weighted by Gasteiger charge is 2.25. The van der Waals surface area contributed by atoms with Gasteiger partial charge in [-0.05, 0) is 36.8 Å². The van der Waals surface area contributed by atoms with E-state index in [4.69, 9.17) is 29.6 Å². The smallest absolute Gasteiger partial charge is 0.242 e. The maximum absolute atomic E-state index is 12.4. The van der Waals surface area contributed by atoms with Crippen LogP contribution in [0.2, 0.25) is 5.02 Å². The number of rotatable bonds is 5. The van der Waals surface area contributed by atoms with E-state index in [1.165, 1.54) is 12.1 Å². The van der Waals surface area contributed by atoms with Gasteiger partial charge < -0.3 is 5.73 Å². The molecule has 0 bridgehead atoms. The van der Waals surface area contributed by atoms with Crippen molar-refractivity contribution >= 4 is 38.8 Å². The summed E-state index contributed by atoms with van der Waals surface area (Å²) in [5.41, 5.74) is 6.03. The first kappa shape index (κ1) is 16.7. The molecular weight excluding hydrogens is 328 g/mol. The number of benzene rings is 1. The highest BCUT2D eigenvalue weighted by atomic mass is 35.5. The SMILES string of the molecule is CC1CCC(CNS(=O)(=O)c2cc(C(N)=S)ccc2Cl)C1. The number of halogens is 1. The molecule has 1 fully saturated rings. The number of nitrogens with one attached hydrogen (secondary N) is 1. The molecule has 1 aromatic rings. The molecule has 1 aromatic carbocycles. The Bertz CT molecular complexity index is 646. The first-order chi connectivity index (χ1) is 9.79. The Labute approximate surface area is 136 Å². The van der Waals surface area contributed by atoms with Gasteiger partial charge >= 0.3 is 0 Å². The van der Waals surface area contributed by atoms with Gasteiger partial charge in [0, 0.05) is 12.1 Å². The van der Waals surface area contributed by atoms with Gasteiger partial charge in [0.25, 0.3) is 0 Å². The molecule has 0 saturated heterocycles. The number of hydrogen-bond acceptors (Lipinski definition) is 3. The van der Waals surface area contributed by atoms with Gasteiger partial charge in [0.05, 0.1) is 5.02 Å². The first-order valence-corrected chi connectivity index (χ1v) is 9.15. The van der Waals surface area contributed by atoms with Crippen LogP contribution < -0.4 is 10.5 Å². The van der Waals surface area contributed by atoms with E-state index >= 15 is 0 Å². The van der Waals surface area contributed by atoms with Gasteiger partial charge in [-0.25, -0.2) is 13.1 Å². The van der Waals surface area contributed by atoms with Crippen LogP contribution in [-0.2, 0) is 10.0 Å². The van der Waals surface area contributed by atoms with E-state index in [2.05, 4.69) is 11.6 Å². The summed E-state index contributed by atoms with van der Waals surface area (Å²) in [6.45, 7) is 2.64. The van der Waals surface area contributed by atoms with Crippen LogP contribution in [0.15, 0.2) is 23.1 Å². The largest absolute Gasteiger partial charge is 0.389 e. The summed E-state index contributed by atoms with van der Waals surface area (Å²) in [6, 6.07) is 4.54. The predicted molar refractivity (Wildman–Crippen MR) is 89.0 cm³/mol. The molecule has 7 heteroatoms. The molecule has 2 atom stereocenters. The van der Waals surface area contributed by atoms with Crippen LogP contribution in [0.5, 0.6) is 0 Å². The summed E-state index contributed by atoms with van der Waals surface area (Å²) in [4.78, 5) is 0.174. The fourth-order valence-corrected chi connectivity index (χ4v) is 4.44. The van der Waals surface area contributed by atoms with Crippen molar-refractivity contribution in [2.24, 2.45) is 17.6 Å². The molecule has 3 N–H and O–H groups in total. The first-order valence-electron chi connectivity index (χ1n) is 6.88. The standard InChI is InChI=1S/C14H19ClN2O2S2/c1-9-2-3-10(6-9)8-17-21(18,19)13-7-11(14(16)20)4-5-12(13)15/h4-5,7,9-10,17H,2-3,6,8H2,1H3,(H2,16,20). The number of hydrogen-bond donors (Lipinski definition) is 2. The van der Waals surface area contributed by atoms with Crippen LogP contribution in [0.3, 0.4) is 0 Å². The Balaban J connectivity index is 2.15. The lowest BCUT2D eigenvalue weighted by Crippen LogP contribution is -2.29. The summed E-state index contributed by atoms with van der Waals surface area (Å²) < 4.78 is 27.4. The second kappa shape index (κ2) is 6.60. The normalized spacial score (nSPS) is 22.4. The van der Waals surface area contributed by atoms with Crippen molar-refractivity contribution in [3.63, 3.8) is 0 Å². The van der Waals surface area contributed by atoms with Crippen molar-refractivity contribution in [2.75, 3.05) is 6.54 Å². The van der Waals surface area contributed by atoms with Crippen LogP contribution in [0.1, 0.15) is 31.7 Å². The lowest BCUT2D eigenvalue weighted by Gasteiger charge is -2.13. The minimum absolute atomic E-state index is 0.0283. The monoisotopic (exact) mass is 346 g/mol. The second-order valence-electron chi connectivity index (χ2n) is 5.65. The molecule has 0 aromatic heterocycles. The molecule has 0 radical (unpaired) electrons. The predicted octanol–water partition coefficient (Wildman–Crippen LogP) is 2.69. The van der Waals surface area contributed by atoms with Crippen molar-refractivity contribution in [3.05, 3.63) is 28.8 Å². The van der Waals surface area contributed by atoms with Gasteiger partial charge in [-0.3, -0.25) is 0 Å². The van der Waals surface area contributed by atoms with E-state index in [0.29, 0.717) is 23.9 Å². The number of sulfonamides is 1. The second-order valence-corrected chi connectivity index (χ2v) is 8.23. The van der Waals surface area contributed by atoms with Gasteiger partial charge in [0.1, 0.15) is 9.88 Å². The highest BCUT2D eigenvalue weighted by molar-refractivity contribution is 7.89. The van der Waals surface area contributed by atoms with Crippen LogP contribution in [0.25, 0.3) is 0 Å². The fourth-order valence-electron chi connectivity index (χ4n) is 2.68. The number of nitrogens with two attached hydrogens (primary N) is 1. The molecule has 1 saturated carbocycles. The zero-order valence-electron chi connectivity index (χ0n) is 11.8. The maximum Gasteiger partial charge on any atom is 0.242 e. The molecule has 0 heterocycles. The maximum atomic E-state index is 12.4. The van der Waals surface area contributed by atoms with Gasteiger partial charge in [0.15, 0.2) is 0 Å². The molecule has 1 aliphatic rings. The zero-order valence-corrected chi connectivity index (χ0v) is 14.2. The van der Waals surface area contributed by atoms with E-state index in [-0.39, 0.29) is 14.9 Å². The summed E-state index contributed by atoms with van der Waals surface area (Å²) in [7, 11) is -3.65. The van der Waals surface area contributed by atoms with Gasteiger partial charge in [-0.15, -0.1) is 0 Å². The summed E-state index contributed by atoms with van der Waals surface area (Å²) in [5.74, 6) is 1.06.